The van der Waals surface area contributed by atoms with Crippen LogP contribution in [-0.4, -0.2) is 33.0 Å². The van der Waals surface area contributed by atoms with Gasteiger partial charge in [0.1, 0.15) is 20.8 Å². The van der Waals surface area contributed by atoms with Crippen molar-refractivity contribution < 1.29 is 19.1 Å². The number of nitrogens with two attached hydrogens (primary N) is 2. The normalized spacial score (nSPS) is 11.9. The van der Waals surface area contributed by atoms with Gasteiger partial charge in [-0.2, -0.15) is 0 Å². The molecule has 0 aliphatic heterocycles. The Morgan fingerprint density at radius 2 is 1.63 bits per heavy atom. The fraction of sp³-hybridized carbons (Fsp3) is 0.222. The maximum Gasteiger partial charge on any atom is 0.174 e. The van der Waals surface area contributed by atoms with E-state index >= 15 is 0 Å². The van der Waals surface area contributed by atoms with Crippen LogP contribution in [0.3, 0.4) is 0 Å². The highest BCUT2D eigenvalue weighted by Crippen LogP contribution is 2.34. The first-order valence-electron chi connectivity index (χ1n) is 7.83. The quantitative estimate of drug-likeness (QED) is 0.258. The Balaban J connectivity index is 2.24. The van der Waals surface area contributed by atoms with Crippen LogP contribution in [0.5, 0.6) is 11.5 Å². The lowest BCUT2D eigenvalue weighted by Gasteiger charge is -2.14. The number of hydrogen-bond donors (Lipinski definition) is 2. The Kier molecular flexibility index (Phi) is 7.53. The Bertz CT molecular complexity index is 855. The van der Waals surface area contributed by atoms with E-state index < -0.39 is 0 Å². The Hall–Kier alpha value is -2.69. The number of methoxy groups -OCH3 is 1. The molecular weight excluding hydrogens is 463 g/mol. The molecule has 9 heteroatoms. The van der Waals surface area contributed by atoms with Gasteiger partial charge in [-0.25, -0.2) is 0 Å². The van der Waals surface area contributed by atoms with Crippen LogP contribution in [0.25, 0.3) is 0 Å². The zero-order valence-corrected chi connectivity index (χ0v) is 17.4. The van der Waals surface area contributed by atoms with Crippen LogP contribution >= 0.6 is 22.6 Å². The van der Waals surface area contributed by atoms with Gasteiger partial charge in [0.05, 0.1) is 10.7 Å². The number of rotatable bonds is 8. The third kappa shape index (κ3) is 5.39. The summed E-state index contributed by atoms with van der Waals surface area (Å²) >= 11 is 2.16. The molecule has 0 aromatic heterocycles. The van der Waals surface area contributed by atoms with Crippen LogP contribution in [0.4, 0.5) is 0 Å². The predicted octanol–water partition coefficient (Wildman–Crippen LogP) is 2.41. The number of nitrogens with zero attached hydrogens (tertiary/aromatic N) is 2. The highest BCUT2D eigenvalue weighted by Gasteiger charge is 2.14. The van der Waals surface area contributed by atoms with Crippen molar-refractivity contribution in [2.75, 3.05) is 21.3 Å². The van der Waals surface area contributed by atoms with Crippen LogP contribution in [-0.2, 0) is 16.3 Å². The number of oxime groups is 2. The summed E-state index contributed by atoms with van der Waals surface area (Å²) in [5.41, 5.74) is 14.1. The fourth-order valence-corrected chi connectivity index (χ4v) is 3.04. The van der Waals surface area contributed by atoms with Gasteiger partial charge < -0.3 is 30.6 Å². The molecule has 2 aromatic carbocycles. The van der Waals surface area contributed by atoms with Crippen LogP contribution in [0.15, 0.2) is 46.7 Å². The summed E-state index contributed by atoms with van der Waals surface area (Å²) in [7, 11) is 4.45. The summed E-state index contributed by atoms with van der Waals surface area (Å²) in [6.07, 6.45) is 0. The molecular formula is C18H21IN4O4. The minimum atomic E-state index is 0.251. The van der Waals surface area contributed by atoms with E-state index in [1.54, 1.807) is 13.2 Å². The molecule has 2 rings (SSSR count). The zero-order chi connectivity index (χ0) is 19.8. The first kappa shape index (κ1) is 20.6. The van der Waals surface area contributed by atoms with Crippen molar-refractivity contribution >= 4 is 34.3 Å². The third-order valence-corrected chi connectivity index (χ3v) is 4.31. The van der Waals surface area contributed by atoms with E-state index in [1.165, 1.54) is 14.2 Å². The largest absolute Gasteiger partial charge is 0.493 e. The second-order valence-electron chi connectivity index (χ2n) is 5.30. The van der Waals surface area contributed by atoms with Gasteiger partial charge in [-0.3, -0.25) is 0 Å². The molecule has 0 fully saturated rings. The Labute approximate surface area is 171 Å². The summed E-state index contributed by atoms with van der Waals surface area (Å²) < 4.78 is 12.2. The average molecular weight is 484 g/mol. The van der Waals surface area contributed by atoms with E-state index in [0.717, 1.165) is 14.7 Å². The van der Waals surface area contributed by atoms with Crippen LogP contribution in [0.1, 0.15) is 16.7 Å². The molecule has 0 unspecified atom stereocenters. The highest BCUT2D eigenvalue weighted by molar-refractivity contribution is 14.1. The van der Waals surface area contributed by atoms with E-state index in [9.17, 15) is 0 Å². The fourth-order valence-electron chi connectivity index (χ4n) is 2.29. The van der Waals surface area contributed by atoms with Crippen molar-refractivity contribution in [3.8, 4) is 11.5 Å². The summed E-state index contributed by atoms with van der Waals surface area (Å²) in [6.45, 7) is 0.321. The van der Waals surface area contributed by atoms with Gasteiger partial charge in [0.25, 0.3) is 0 Å². The van der Waals surface area contributed by atoms with E-state index in [0.29, 0.717) is 29.5 Å². The van der Waals surface area contributed by atoms with Crippen molar-refractivity contribution in [1.29, 1.82) is 0 Å². The summed E-state index contributed by atoms with van der Waals surface area (Å²) in [5, 5.41) is 7.47. The van der Waals surface area contributed by atoms with Crippen LogP contribution < -0.4 is 20.9 Å². The topological polar surface area (TPSA) is 114 Å². The molecule has 0 aliphatic rings. The lowest BCUT2D eigenvalue weighted by atomic mass is 10.1. The van der Waals surface area contributed by atoms with Gasteiger partial charge >= 0.3 is 0 Å². The first-order valence-corrected chi connectivity index (χ1v) is 8.91. The van der Waals surface area contributed by atoms with Gasteiger partial charge in [0.2, 0.25) is 0 Å². The van der Waals surface area contributed by atoms with Crippen LogP contribution in [0.2, 0.25) is 0 Å². The van der Waals surface area contributed by atoms with E-state index in [2.05, 4.69) is 32.9 Å². The van der Waals surface area contributed by atoms with Crippen molar-refractivity contribution in [2.24, 2.45) is 21.8 Å². The summed E-state index contributed by atoms with van der Waals surface area (Å²) in [6, 6.07) is 11.1. The van der Waals surface area contributed by atoms with Crippen molar-refractivity contribution in [1.82, 2.24) is 0 Å². The second kappa shape index (κ2) is 9.86. The maximum absolute atomic E-state index is 5.98. The van der Waals surface area contributed by atoms with Gasteiger partial charge in [0, 0.05) is 11.1 Å². The molecule has 2 aromatic rings. The average Bonchev–Trinajstić information content (AvgIpc) is 2.67. The Morgan fingerprint density at radius 3 is 2.26 bits per heavy atom. The molecule has 0 radical (unpaired) electrons. The molecule has 0 bridgehead atoms. The van der Waals surface area contributed by atoms with Crippen molar-refractivity contribution in [2.45, 2.75) is 6.61 Å². The molecule has 8 nitrogen and oxygen atoms in total. The third-order valence-electron chi connectivity index (χ3n) is 3.51. The first-order chi connectivity index (χ1) is 13.0. The number of amidine groups is 2. The summed E-state index contributed by atoms with van der Waals surface area (Å²) in [4.78, 5) is 9.42. The second-order valence-corrected chi connectivity index (χ2v) is 6.46. The minimum Gasteiger partial charge on any atom is -0.493 e. The Morgan fingerprint density at radius 1 is 0.963 bits per heavy atom. The maximum atomic E-state index is 5.98. The van der Waals surface area contributed by atoms with E-state index in [-0.39, 0.29) is 5.84 Å². The predicted molar refractivity (Wildman–Crippen MR) is 112 cm³/mol. The highest BCUT2D eigenvalue weighted by atomic mass is 127. The molecule has 0 aliphatic carbocycles. The smallest absolute Gasteiger partial charge is 0.174 e. The molecule has 144 valence electrons. The van der Waals surface area contributed by atoms with Crippen LogP contribution in [0, 0.1) is 3.57 Å². The molecule has 0 saturated heterocycles. The van der Waals surface area contributed by atoms with Gasteiger partial charge in [-0.15, -0.1) is 0 Å². The zero-order valence-electron chi connectivity index (χ0n) is 15.2. The summed E-state index contributed by atoms with van der Waals surface area (Å²) in [5.74, 6) is 1.70. The monoisotopic (exact) mass is 484 g/mol. The minimum absolute atomic E-state index is 0.251. The lowest BCUT2D eigenvalue weighted by Crippen LogP contribution is -2.15. The molecule has 4 N–H and O–H groups in total. The molecule has 0 spiro atoms. The van der Waals surface area contributed by atoms with Crippen molar-refractivity contribution in [3.63, 3.8) is 0 Å². The molecule has 0 saturated carbocycles. The molecule has 0 atom stereocenters. The van der Waals surface area contributed by atoms with Gasteiger partial charge in [0.15, 0.2) is 23.2 Å². The van der Waals surface area contributed by atoms with Crippen molar-refractivity contribution in [3.05, 3.63) is 56.7 Å². The van der Waals surface area contributed by atoms with Gasteiger partial charge in [-0.1, -0.05) is 28.5 Å². The molecule has 27 heavy (non-hydrogen) atoms. The molecule has 0 heterocycles. The number of ether oxygens (including phenoxy) is 2. The SMILES string of the molecule is CO/N=C(\N)c1cccc(COc2c(I)cc(/C(N)=N/OC)cc2OC)c1. The number of benzene rings is 2. The molecule has 0 amide bonds. The van der Waals surface area contributed by atoms with E-state index in [4.69, 9.17) is 30.6 Å². The number of hydrogen-bond acceptors (Lipinski definition) is 6. The lowest BCUT2D eigenvalue weighted by molar-refractivity contribution is 0.213. The standard InChI is InChI=1S/C18H21IN4O4/c1-24-15-9-13(18(21)23-26-3)8-14(19)16(15)27-10-11-5-4-6-12(7-11)17(20)22-25-2/h4-9H,10H2,1-3H3,(H2,20,22)(H2,21,23). The van der Waals surface area contributed by atoms with E-state index in [1.807, 2.05) is 30.3 Å². The van der Waals surface area contributed by atoms with Gasteiger partial charge in [-0.05, 0) is 46.4 Å². The number of halogens is 1.